The predicted octanol–water partition coefficient (Wildman–Crippen LogP) is 4.73. The number of carbonyl (C=O) groups is 1. The lowest BCUT2D eigenvalue weighted by molar-refractivity contribution is -0.384. The van der Waals surface area contributed by atoms with E-state index in [1.54, 1.807) is 12.3 Å². The second kappa shape index (κ2) is 9.74. The van der Waals surface area contributed by atoms with E-state index in [4.69, 9.17) is 9.16 Å². The van der Waals surface area contributed by atoms with E-state index in [1.807, 2.05) is 25.7 Å². The Balaban J connectivity index is 2.23. The normalized spacial score (nSPS) is 20.1. The Morgan fingerprint density at radius 3 is 2.50 bits per heavy atom. The van der Waals surface area contributed by atoms with Crippen LogP contribution in [0, 0.1) is 16.0 Å². The number of alkyl carbamates (subject to hydrolysis) is 1. The number of rotatable bonds is 6. The van der Waals surface area contributed by atoms with Gasteiger partial charge in [0.1, 0.15) is 17.5 Å². The first-order chi connectivity index (χ1) is 14.6. The minimum Gasteiger partial charge on any atom is -0.444 e. The lowest BCUT2D eigenvalue weighted by atomic mass is 9.94. The van der Waals surface area contributed by atoms with Crippen molar-refractivity contribution in [2.75, 3.05) is 24.6 Å². The van der Waals surface area contributed by atoms with Crippen molar-refractivity contribution >= 4 is 25.8 Å². The number of pyridine rings is 1. The summed E-state index contributed by atoms with van der Waals surface area (Å²) < 4.78 is 11.9. The molecule has 0 aliphatic carbocycles. The van der Waals surface area contributed by atoms with Gasteiger partial charge >= 0.3 is 11.8 Å². The molecule has 0 bridgehead atoms. The third-order valence-corrected chi connectivity index (χ3v) is 10.6. The maximum atomic E-state index is 12.4. The maximum absolute atomic E-state index is 12.4. The van der Waals surface area contributed by atoms with Gasteiger partial charge in [0.05, 0.1) is 11.0 Å². The molecule has 1 fully saturated rings. The number of hydrogen-bond acceptors (Lipinski definition) is 7. The van der Waals surface area contributed by atoms with Crippen LogP contribution in [0.2, 0.25) is 18.1 Å². The molecule has 0 unspecified atom stereocenters. The van der Waals surface area contributed by atoms with Crippen molar-refractivity contribution in [1.29, 1.82) is 0 Å². The van der Waals surface area contributed by atoms with E-state index in [-0.39, 0.29) is 22.7 Å². The van der Waals surface area contributed by atoms with Gasteiger partial charge in [0.15, 0.2) is 8.32 Å². The molecule has 2 heterocycles. The molecule has 0 saturated carbocycles. The molecular formula is C22H38N4O5Si. The quantitative estimate of drug-likeness (QED) is 0.367. The summed E-state index contributed by atoms with van der Waals surface area (Å²) in [5, 5.41) is 14.6. The van der Waals surface area contributed by atoms with E-state index in [1.165, 1.54) is 6.20 Å². The number of amides is 1. The molecule has 1 amide bonds. The maximum Gasteiger partial charge on any atom is 0.407 e. The Morgan fingerprint density at radius 1 is 1.28 bits per heavy atom. The number of hydrogen-bond donors (Lipinski definition) is 1. The first-order valence-electron chi connectivity index (χ1n) is 11.1. The molecule has 1 aromatic rings. The van der Waals surface area contributed by atoms with Crippen molar-refractivity contribution in [2.24, 2.45) is 5.92 Å². The fourth-order valence-electron chi connectivity index (χ4n) is 3.43. The van der Waals surface area contributed by atoms with Gasteiger partial charge in [0.25, 0.3) is 0 Å². The zero-order valence-corrected chi connectivity index (χ0v) is 21.6. The van der Waals surface area contributed by atoms with Gasteiger partial charge < -0.3 is 19.4 Å². The molecule has 0 radical (unpaired) electrons. The van der Waals surface area contributed by atoms with Crippen LogP contribution >= 0.6 is 0 Å². The summed E-state index contributed by atoms with van der Waals surface area (Å²) in [6.45, 7) is 18.0. The molecule has 0 spiro atoms. The van der Waals surface area contributed by atoms with E-state index in [0.29, 0.717) is 31.8 Å². The highest BCUT2D eigenvalue weighted by molar-refractivity contribution is 6.74. The molecule has 1 aliphatic rings. The Kier molecular flexibility index (Phi) is 7.93. The number of ether oxygens (including phenoxy) is 1. The summed E-state index contributed by atoms with van der Waals surface area (Å²) in [4.78, 5) is 29.4. The third kappa shape index (κ3) is 7.16. The van der Waals surface area contributed by atoms with E-state index in [9.17, 15) is 14.9 Å². The SMILES string of the molecule is CC(C)(C)OC(=O)N[C@@H]1C[C@H](CO[Si](C)(C)C(C)(C)C)CN(c2ccncc2[N+](=O)[O-])C1. The van der Waals surface area contributed by atoms with E-state index < -0.39 is 24.9 Å². The van der Waals surface area contributed by atoms with Crippen LogP contribution in [0.15, 0.2) is 18.5 Å². The average Bonchev–Trinajstić information content (AvgIpc) is 2.63. The molecule has 0 aromatic carbocycles. The van der Waals surface area contributed by atoms with Crippen molar-refractivity contribution in [1.82, 2.24) is 10.3 Å². The van der Waals surface area contributed by atoms with Crippen LogP contribution in [0.3, 0.4) is 0 Å². The molecule has 1 N–H and O–H groups in total. The molecular weight excluding hydrogens is 428 g/mol. The number of aromatic nitrogens is 1. The van der Waals surface area contributed by atoms with Gasteiger partial charge in [-0.15, -0.1) is 0 Å². The Bertz CT molecular complexity index is 819. The van der Waals surface area contributed by atoms with Gasteiger partial charge in [0.2, 0.25) is 0 Å². The molecule has 9 nitrogen and oxygen atoms in total. The highest BCUT2D eigenvalue weighted by Gasteiger charge is 2.39. The highest BCUT2D eigenvalue weighted by Crippen LogP contribution is 2.37. The zero-order valence-electron chi connectivity index (χ0n) is 20.6. The minimum atomic E-state index is -1.95. The molecule has 1 aliphatic heterocycles. The topological polar surface area (TPSA) is 107 Å². The Morgan fingerprint density at radius 2 is 1.94 bits per heavy atom. The second-order valence-electron chi connectivity index (χ2n) is 11.0. The van der Waals surface area contributed by atoms with Crippen molar-refractivity contribution < 1.29 is 18.9 Å². The summed E-state index contributed by atoms with van der Waals surface area (Å²) >= 11 is 0. The van der Waals surface area contributed by atoms with E-state index in [0.717, 1.165) is 0 Å². The van der Waals surface area contributed by atoms with Crippen molar-refractivity contribution in [3.05, 3.63) is 28.6 Å². The smallest absolute Gasteiger partial charge is 0.407 e. The van der Waals surface area contributed by atoms with Crippen LogP contribution < -0.4 is 10.2 Å². The van der Waals surface area contributed by atoms with Gasteiger partial charge in [0, 0.05) is 31.8 Å². The lowest BCUT2D eigenvalue weighted by Crippen LogP contribution is -2.53. The zero-order chi connectivity index (χ0) is 24.3. The standard InChI is InChI=1S/C22H38N4O5Si/c1-21(2,3)31-20(27)24-17-11-16(15-30-32(7,8)22(4,5)6)13-25(14-17)18-9-10-23-12-19(18)26(28)29/h9-10,12,16-17H,11,13-15H2,1-8H3,(H,24,27)/t16-,17+/m0/s1. The van der Waals surface area contributed by atoms with Gasteiger partial charge in [-0.3, -0.25) is 15.1 Å². The Labute approximate surface area is 192 Å². The summed E-state index contributed by atoms with van der Waals surface area (Å²) in [7, 11) is -1.95. The van der Waals surface area contributed by atoms with Crippen LogP contribution in [0.1, 0.15) is 48.0 Å². The summed E-state index contributed by atoms with van der Waals surface area (Å²) in [6.07, 6.45) is 3.04. The average molecular weight is 467 g/mol. The minimum absolute atomic E-state index is 0.0468. The third-order valence-electron chi connectivity index (χ3n) is 6.06. The number of anilines is 1. The summed E-state index contributed by atoms with van der Waals surface area (Å²) in [6, 6.07) is 1.43. The van der Waals surface area contributed by atoms with Crippen molar-refractivity contribution in [3.8, 4) is 0 Å². The number of nitrogens with one attached hydrogen (secondary N) is 1. The monoisotopic (exact) mass is 466 g/mol. The van der Waals surface area contributed by atoms with Crippen LogP contribution in [0.5, 0.6) is 0 Å². The molecule has 180 valence electrons. The van der Waals surface area contributed by atoms with Crippen LogP contribution in [0.4, 0.5) is 16.2 Å². The molecule has 1 saturated heterocycles. The first-order valence-corrected chi connectivity index (χ1v) is 14.0. The highest BCUT2D eigenvalue weighted by atomic mass is 28.4. The largest absolute Gasteiger partial charge is 0.444 e. The molecule has 2 atom stereocenters. The first kappa shape index (κ1) is 26.1. The van der Waals surface area contributed by atoms with Gasteiger partial charge in [-0.2, -0.15) is 0 Å². The fraction of sp³-hybridized carbons (Fsp3) is 0.727. The second-order valence-corrected chi connectivity index (χ2v) is 15.9. The Hall–Kier alpha value is -2.20. The summed E-state index contributed by atoms with van der Waals surface area (Å²) in [5.41, 5.74) is -0.153. The molecule has 2 rings (SSSR count). The van der Waals surface area contributed by atoms with Gasteiger partial charge in [-0.25, -0.2) is 4.79 Å². The van der Waals surface area contributed by atoms with Crippen molar-refractivity contribution in [2.45, 2.75) is 77.7 Å². The van der Waals surface area contributed by atoms with E-state index in [2.05, 4.69) is 44.2 Å². The molecule has 1 aromatic heterocycles. The van der Waals surface area contributed by atoms with Gasteiger partial charge in [-0.05, 0) is 51.4 Å². The number of carbonyl (C=O) groups excluding carboxylic acids is 1. The number of nitro groups is 1. The van der Waals surface area contributed by atoms with Crippen molar-refractivity contribution in [3.63, 3.8) is 0 Å². The van der Waals surface area contributed by atoms with Crippen LogP contribution in [-0.2, 0) is 9.16 Å². The van der Waals surface area contributed by atoms with Gasteiger partial charge in [-0.1, -0.05) is 20.8 Å². The summed E-state index contributed by atoms with van der Waals surface area (Å²) in [5.74, 6) is 0.102. The lowest BCUT2D eigenvalue weighted by Gasteiger charge is -2.42. The van der Waals surface area contributed by atoms with E-state index >= 15 is 0 Å². The predicted molar refractivity (Wildman–Crippen MR) is 128 cm³/mol. The molecule has 10 heteroatoms. The van der Waals surface area contributed by atoms with Crippen LogP contribution in [-0.4, -0.2) is 55.7 Å². The molecule has 32 heavy (non-hydrogen) atoms. The number of nitrogens with zero attached hydrogens (tertiary/aromatic N) is 3. The fourth-order valence-corrected chi connectivity index (χ4v) is 4.51. The number of piperidine rings is 1. The van der Waals surface area contributed by atoms with Crippen LogP contribution in [0.25, 0.3) is 0 Å².